The molecule has 3 aromatic rings. The first-order valence-electron chi connectivity index (χ1n) is 11.0. The number of aromatic nitrogens is 2. The molecule has 1 aromatic heterocycles. The van der Waals surface area contributed by atoms with Crippen LogP contribution in [0.4, 0.5) is 0 Å². The number of benzene rings is 2. The van der Waals surface area contributed by atoms with Crippen LogP contribution in [0.3, 0.4) is 0 Å². The number of hydrogen-bond acceptors (Lipinski definition) is 5. The summed E-state index contributed by atoms with van der Waals surface area (Å²) in [7, 11) is 1.85. The van der Waals surface area contributed by atoms with E-state index in [1.807, 2.05) is 56.4 Å². The van der Waals surface area contributed by atoms with E-state index in [1.165, 1.54) is 6.08 Å². The van der Waals surface area contributed by atoms with Crippen LogP contribution in [-0.4, -0.2) is 22.4 Å². The van der Waals surface area contributed by atoms with Gasteiger partial charge in [0.15, 0.2) is 0 Å². The first-order chi connectivity index (χ1) is 16.0. The van der Waals surface area contributed by atoms with E-state index >= 15 is 0 Å². The van der Waals surface area contributed by atoms with Crippen LogP contribution < -0.4 is 9.47 Å². The van der Waals surface area contributed by atoms with Crippen molar-refractivity contribution in [2.45, 2.75) is 39.2 Å². The fourth-order valence-corrected chi connectivity index (χ4v) is 4.09. The molecule has 6 nitrogen and oxygen atoms in total. The van der Waals surface area contributed by atoms with Gasteiger partial charge in [-0.2, -0.15) is 5.10 Å². The van der Waals surface area contributed by atoms with E-state index in [1.54, 1.807) is 17.7 Å². The molecule has 33 heavy (non-hydrogen) atoms. The standard InChI is InChI=1S/C26H27BrN2O4/c1-4-31-24(30)13-12-20-25(19-10-11-19)28-29(3)26(20)33-22-15-23(21(27)14-17(22)2)32-16-18-8-6-5-7-9-18/h5-9,12-15,19H,4,10-11,16H2,1-3H3/b13-12+. The Labute approximate surface area is 202 Å². The Morgan fingerprint density at radius 2 is 1.97 bits per heavy atom. The third-order valence-electron chi connectivity index (χ3n) is 5.37. The van der Waals surface area contributed by atoms with Crippen molar-refractivity contribution in [3.8, 4) is 17.4 Å². The van der Waals surface area contributed by atoms with Gasteiger partial charge >= 0.3 is 5.97 Å². The third kappa shape index (κ3) is 5.66. The van der Waals surface area contributed by atoms with Crippen LogP contribution in [0.5, 0.6) is 17.4 Å². The molecule has 0 N–H and O–H groups in total. The van der Waals surface area contributed by atoms with Crippen LogP contribution in [-0.2, 0) is 23.2 Å². The molecule has 0 bridgehead atoms. The zero-order valence-electron chi connectivity index (χ0n) is 19.0. The number of aryl methyl sites for hydroxylation is 2. The van der Waals surface area contributed by atoms with Crippen LogP contribution in [0, 0.1) is 6.92 Å². The summed E-state index contributed by atoms with van der Waals surface area (Å²) in [6.45, 7) is 4.55. The summed E-state index contributed by atoms with van der Waals surface area (Å²) in [6.07, 6.45) is 5.36. The first-order valence-corrected chi connectivity index (χ1v) is 11.8. The first kappa shape index (κ1) is 23.1. The van der Waals surface area contributed by atoms with Gasteiger partial charge in [-0.15, -0.1) is 0 Å². The maximum absolute atomic E-state index is 11.9. The van der Waals surface area contributed by atoms with Gasteiger partial charge in [-0.1, -0.05) is 30.3 Å². The highest BCUT2D eigenvalue weighted by Gasteiger charge is 2.31. The molecule has 1 aliphatic rings. The highest BCUT2D eigenvalue weighted by molar-refractivity contribution is 9.10. The summed E-state index contributed by atoms with van der Waals surface area (Å²) in [6, 6.07) is 13.9. The Hall–Kier alpha value is -3.06. The van der Waals surface area contributed by atoms with Gasteiger partial charge in [0.1, 0.15) is 18.1 Å². The maximum atomic E-state index is 11.9. The molecule has 0 spiro atoms. The van der Waals surface area contributed by atoms with E-state index in [-0.39, 0.29) is 5.97 Å². The summed E-state index contributed by atoms with van der Waals surface area (Å²) in [5, 5.41) is 4.69. The van der Waals surface area contributed by atoms with Crippen molar-refractivity contribution in [2.75, 3.05) is 6.61 Å². The van der Waals surface area contributed by atoms with Gasteiger partial charge in [0.05, 0.1) is 22.3 Å². The Kier molecular flexibility index (Phi) is 7.18. The molecule has 7 heteroatoms. The number of carbonyl (C=O) groups is 1. The van der Waals surface area contributed by atoms with Gasteiger partial charge < -0.3 is 14.2 Å². The van der Waals surface area contributed by atoms with Crippen LogP contribution in [0.2, 0.25) is 0 Å². The fraction of sp³-hybridized carbons (Fsp3) is 0.308. The summed E-state index contributed by atoms with van der Waals surface area (Å²) in [4.78, 5) is 11.9. The zero-order valence-corrected chi connectivity index (χ0v) is 20.6. The van der Waals surface area contributed by atoms with Gasteiger partial charge in [-0.05, 0) is 65.9 Å². The third-order valence-corrected chi connectivity index (χ3v) is 5.99. The van der Waals surface area contributed by atoms with Crippen molar-refractivity contribution >= 4 is 28.0 Å². The van der Waals surface area contributed by atoms with E-state index in [2.05, 4.69) is 21.0 Å². The highest BCUT2D eigenvalue weighted by atomic mass is 79.9. The molecule has 0 amide bonds. The average Bonchev–Trinajstić information content (AvgIpc) is 3.59. The minimum Gasteiger partial charge on any atom is -0.488 e. The zero-order chi connectivity index (χ0) is 23.4. The molecule has 1 heterocycles. The number of esters is 1. The molecule has 4 rings (SSSR count). The van der Waals surface area contributed by atoms with Crippen molar-refractivity contribution < 1.29 is 19.0 Å². The largest absolute Gasteiger partial charge is 0.488 e. The van der Waals surface area contributed by atoms with Gasteiger partial charge in [-0.25, -0.2) is 9.48 Å². The van der Waals surface area contributed by atoms with Gasteiger partial charge in [0.25, 0.3) is 0 Å². The molecular weight excluding hydrogens is 484 g/mol. The molecule has 0 atom stereocenters. The van der Waals surface area contributed by atoms with Crippen LogP contribution >= 0.6 is 15.9 Å². The number of hydrogen-bond donors (Lipinski definition) is 0. The normalized spacial score (nSPS) is 13.3. The predicted molar refractivity (Wildman–Crippen MR) is 131 cm³/mol. The lowest BCUT2D eigenvalue weighted by Gasteiger charge is -2.14. The maximum Gasteiger partial charge on any atom is 0.330 e. The summed E-state index contributed by atoms with van der Waals surface area (Å²) >= 11 is 3.60. The lowest BCUT2D eigenvalue weighted by atomic mass is 10.1. The van der Waals surface area contributed by atoms with Crippen molar-refractivity contribution in [3.05, 3.63) is 75.4 Å². The second-order valence-corrected chi connectivity index (χ2v) is 8.87. The second-order valence-electron chi connectivity index (χ2n) is 8.01. The molecule has 0 aliphatic heterocycles. The van der Waals surface area contributed by atoms with Crippen LogP contribution in [0.1, 0.15) is 48.1 Å². The smallest absolute Gasteiger partial charge is 0.330 e. The van der Waals surface area contributed by atoms with Gasteiger partial charge in [-0.3, -0.25) is 0 Å². The lowest BCUT2D eigenvalue weighted by Crippen LogP contribution is -2.00. The Balaban J connectivity index is 1.62. The number of halogens is 1. The predicted octanol–water partition coefficient (Wildman–Crippen LogP) is 6.32. The number of ether oxygens (including phenoxy) is 3. The number of rotatable bonds is 9. The number of carbonyl (C=O) groups excluding carboxylic acids is 1. The van der Waals surface area contributed by atoms with Crippen LogP contribution in [0.25, 0.3) is 6.08 Å². The summed E-state index contributed by atoms with van der Waals surface area (Å²) in [5.41, 5.74) is 3.79. The quantitative estimate of drug-likeness (QED) is 0.249. The average molecular weight is 511 g/mol. The second kappa shape index (κ2) is 10.3. The summed E-state index contributed by atoms with van der Waals surface area (Å²) < 4.78 is 20.0. The number of nitrogens with zero attached hydrogens (tertiary/aromatic N) is 2. The fourth-order valence-electron chi connectivity index (χ4n) is 3.52. The summed E-state index contributed by atoms with van der Waals surface area (Å²) in [5.74, 6) is 1.94. The van der Waals surface area contributed by atoms with Crippen molar-refractivity contribution in [1.82, 2.24) is 9.78 Å². The molecule has 1 fully saturated rings. The minimum absolute atomic E-state index is 0.332. The van der Waals surface area contributed by atoms with Crippen LogP contribution in [0.15, 0.2) is 53.0 Å². The monoisotopic (exact) mass is 510 g/mol. The van der Waals surface area contributed by atoms with Gasteiger partial charge in [0, 0.05) is 25.1 Å². The molecule has 0 radical (unpaired) electrons. The molecular formula is C26H27BrN2O4. The topological polar surface area (TPSA) is 62.6 Å². The Morgan fingerprint density at radius 3 is 2.67 bits per heavy atom. The highest BCUT2D eigenvalue weighted by Crippen LogP contribution is 2.45. The molecule has 2 aromatic carbocycles. The van der Waals surface area contributed by atoms with Crippen molar-refractivity contribution in [1.29, 1.82) is 0 Å². The SMILES string of the molecule is CCOC(=O)/C=C/c1c(C2CC2)nn(C)c1Oc1cc(OCc2ccccc2)c(Br)cc1C. The molecule has 0 unspecified atom stereocenters. The molecule has 1 aliphatic carbocycles. The Morgan fingerprint density at radius 1 is 1.21 bits per heavy atom. The molecule has 1 saturated carbocycles. The van der Waals surface area contributed by atoms with Crippen molar-refractivity contribution in [3.63, 3.8) is 0 Å². The molecule has 172 valence electrons. The van der Waals surface area contributed by atoms with E-state index in [4.69, 9.17) is 14.2 Å². The lowest BCUT2D eigenvalue weighted by molar-refractivity contribution is -0.137. The van der Waals surface area contributed by atoms with E-state index in [0.29, 0.717) is 36.5 Å². The van der Waals surface area contributed by atoms with E-state index < -0.39 is 0 Å². The molecule has 0 saturated heterocycles. The minimum atomic E-state index is -0.384. The van der Waals surface area contributed by atoms with E-state index in [9.17, 15) is 4.79 Å². The van der Waals surface area contributed by atoms with Crippen molar-refractivity contribution in [2.24, 2.45) is 7.05 Å². The Bertz CT molecular complexity index is 1170. The van der Waals surface area contributed by atoms with E-state index in [0.717, 1.165) is 39.7 Å². The van der Waals surface area contributed by atoms with Gasteiger partial charge in [0.2, 0.25) is 5.88 Å².